The number of ketones is 1. The fourth-order valence-electron chi connectivity index (χ4n) is 2.87. The highest BCUT2D eigenvalue weighted by atomic mass is 19.1. The van der Waals surface area contributed by atoms with Crippen molar-refractivity contribution in [3.8, 4) is 0 Å². The average Bonchev–Trinajstić information content (AvgIpc) is 3.06. The zero-order chi connectivity index (χ0) is 15.0. The van der Waals surface area contributed by atoms with Crippen LogP contribution in [0.1, 0.15) is 23.2 Å². The maximum absolute atomic E-state index is 14.1. The molecule has 1 saturated heterocycles. The van der Waals surface area contributed by atoms with Gasteiger partial charge in [0.25, 0.3) is 11.7 Å². The summed E-state index contributed by atoms with van der Waals surface area (Å²) in [5.41, 5.74) is 0.923. The lowest BCUT2D eigenvalue weighted by Gasteiger charge is -2.24. The van der Waals surface area contributed by atoms with Gasteiger partial charge in [-0.1, -0.05) is 0 Å². The van der Waals surface area contributed by atoms with E-state index in [0.29, 0.717) is 17.9 Å². The van der Waals surface area contributed by atoms with Crippen LogP contribution in [0.5, 0.6) is 0 Å². The van der Waals surface area contributed by atoms with E-state index in [1.807, 2.05) is 11.9 Å². The SMILES string of the molecule is CN(CCN1CCCC1)c1cc2c(cc1F)C(=O)C(=O)N2. The number of nitrogens with zero attached hydrogens (tertiary/aromatic N) is 2. The Morgan fingerprint density at radius 2 is 2.00 bits per heavy atom. The lowest BCUT2D eigenvalue weighted by Crippen LogP contribution is -2.31. The minimum absolute atomic E-state index is 0.120. The average molecular weight is 291 g/mol. The molecule has 0 spiro atoms. The molecule has 0 atom stereocenters. The molecule has 0 radical (unpaired) electrons. The number of likely N-dealkylation sites (N-methyl/N-ethyl adjacent to an activating group) is 1. The van der Waals surface area contributed by atoms with Gasteiger partial charge >= 0.3 is 0 Å². The van der Waals surface area contributed by atoms with Crippen LogP contribution in [0.4, 0.5) is 15.8 Å². The number of amides is 1. The molecule has 1 fully saturated rings. The summed E-state index contributed by atoms with van der Waals surface area (Å²) >= 11 is 0. The second kappa shape index (κ2) is 5.44. The van der Waals surface area contributed by atoms with E-state index in [2.05, 4.69) is 10.2 Å². The number of carbonyl (C=O) groups excluding carboxylic acids is 2. The Labute approximate surface area is 122 Å². The molecule has 1 aromatic rings. The molecule has 0 unspecified atom stereocenters. The van der Waals surface area contributed by atoms with Gasteiger partial charge in [-0.3, -0.25) is 9.59 Å². The van der Waals surface area contributed by atoms with Crippen molar-refractivity contribution in [1.82, 2.24) is 4.90 Å². The van der Waals surface area contributed by atoms with E-state index in [9.17, 15) is 14.0 Å². The minimum Gasteiger partial charge on any atom is -0.371 e. The fourth-order valence-corrected chi connectivity index (χ4v) is 2.87. The van der Waals surface area contributed by atoms with Gasteiger partial charge in [0.05, 0.1) is 16.9 Å². The maximum atomic E-state index is 14.1. The topological polar surface area (TPSA) is 52.7 Å². The largest absolute Gasteiger partial charge is 0.371 e. The van der Waals surface area contributed by atoms with E-state index in [1.54, 1.807) is 0 Å². The zero-order valence-electron chi connectivity index (χ0n) is 12.0. The molecule has 1 amide bonds. The van der Waals surface area contributed by atoms with Crippen molar-refractivity contribution in [1.29, 1.82) is 0 Å². The number of nitrogens with one attached hydrogen (secondary N) is 1. The molecule has 0 saturated carbocycles. The highest BCUT2D eigenvalue weighted by molar-refractivity contribution is 6.51. The van der Waals surface area contributed by atoms with Crippen molar-refractivity contribution < 1.29 is 14.0 Å². The van der Waals surface area contributed by atoms with Crippen LogP contribution in [0.15, 0.2) is 12.1 Å². The van der Waals surface area contributed by atoms with Gasteiger partial charge in [-0.15, -0.1) is 0 Å². The van der Waals surface area contributed by atoms with Crippen LogP contribution >= 0.6 is 0 Å². The number of hydrogen-bond donors (Lipinski definition) is 1. The molecule has 6 heteroatoms. The smallest absolute Gasteiger partial charge is 0.296 e. The molecule has 5 nitrogen and oxygen atoms in total. The summed E-state index contributed by atoms with van der Waals surface area (Å²) in [4.78, 5) is 27.0. The first kappa shape index (κ1) is 14.0. The Morgan fingerprint density at radius 3 is 2.71 bits per heavy atom. The number of anilines is 2. The second-order valence-corrected chi connectivity index (χ2v) is 5.60. The standard InChI is InChI=1S/C15H18FN3O2/c1-18(6-7-19-4-2-3-5-19)13-9-12-10(8-11(13)16)14(20)15(21)17-12/h8-9H,2-7H2,1H3,(H,17,20,21). The summed E-state index contributed by atoms with van der Waals surface area (Å²) in [5.74, 6) is -1.83. The molecule has 0 aliphatic carbocycles. The van der Waals surface area contributed by atoms with Crippen LogP contribution in [-0.2, 0) is 4.79 Å². The molecule has 112 valence electrons. The Kier molecular flexibility index (Phi) is 3.63. The number of benzene rings is 1. The Balaban J connectivity index is 1.74. The highest BCUT2D eigenvalue weighted by Gasteiger charge is 2.30. The maximum Gasteiger partial charge on any atom is 0.296 e. The summed E-state index contributed by atoms with van der Waals surface area (Å²) in [6.07, 6.45) is 2.45. The number of rotatable bonds is 4. The Morgan fingerprint density at radius 1 is 1.29 bits per heavy atom. The molecule has 2 aliphatic heterocycles. The van der Waals surface area contributed by atoms with Gasteiger partial charge in [0, 0.05) is 20.1 Å². The van der Waals surface area contributed by atoms with Gasteiger partial charge in [0.15, 0.2) is 0 Å². The van der Waals surface area contributed by atoms with E-state index in [-0.39, 0.29) is 5.56 Å². The normalized spacial score (nSPS) is 18.0. The molecule has 1 N–H and O–H groups in total. The molecule has 0 aromatic heterocycles. The first-order valence-electron chi connectivity index (χ1n) is 7.19. The number of hydrogen-bond acceptors (Lipinski definition) is 4. The summed E-state index contributed by atoms with van der Waals surface area (Å²) in [6.45, 7) is 3.80. The van der Waals surface area contributed by atoms with E-state index in [4.69, 9.17) is 0 Å². The minimum atomic E-state index is -0.693. The lowest BCUT2D eigenvalue weighted by atomic mass is 10.1. The van der Waals surface area contributed by atoms with E-state index in [1.165, 1.54) is 18.9 Å². The number of carbonyl (C=O) groups is 2. The molecular formula is C15H18FN3O2. The third-order valence-electron chi connectivity index (χ3n) is 4.15. The molecule has 2 aliphatic rings. The third-order valence-corrected chi connectivity index (χ3v) is 4.15. The van der Waals surface area contributed by atoms with Crippen LogP contribution in [0.25, 0.3) is 0 Å². The highest BCUT2D eigenvalue weighted by Crippen LogP contribution is 2.30. The Hall–Kier alpha value is -1.95. The molecule has 1 aromatic carbocycles. The quantitative estimate of drug-likeness (QED) is 0.854. The third kappa shape index (κ3) is 2.63. The van der Waals surface area contributed by atoms with Crippen molar-refractivity contribution in [3.05, 3.63) is 23.5 Å². The van der Waals surface area contributed by atoms with E-state index < -0.39 is 17.5 Å². The fraction of sp³-hybridized carbons (Fsp3) is 0.467. The van der Waals surface area contributed by atoms with Gasteiger partial charge in [-0.2, -0.15) is 0 Å². The van der Waals surface area contributed by atoms with E-state index >= 15 is 0 Å². The number of Topliss-reactive ketones (excluding diaryl/α,β-unsaturated/α-hetero) is 1. The number of fused-ring (bicyclic) bond motifs is 1. The predicted octanol–water partition coefficient (Wildman–Crippen LogP) is 1.49. The summed E-state index contributed by atoms with van der Waals surface area (Å²) in [7, 11) is 1.82. The van der Waals surface area contributed by atoms with Gasteiger partial charge in [-0.05, 0) is 38.1 Å². The van der Waals surface area contributed by atoms with Crippen molar-refractivity contribution in [2.75, 3.05) is 43.4 Å². The van der Waals surface area contributed by atoms with Crippen LogP contribution in [-0.4, -0.2) is 49.8 Å². The second-order valence-electron chi connectivity index (χ2n) is 5.60. The molecule has 0 bridgehead atoms. The molecule has 3 rings (SSSR count). The van der Waals surface area contributed by atoms with Crippen molar-refractivity contribution in [2.45, 2.75) is 12.8 Å². The van der Waals surface area contributed by atoms with Crippen LogP contribution in [0.2, 0.25) is 0 Å². The Bertz CT molecular complexity index is 597. The molecule has 21 heavy (non-hydrogen) atoms. The zero-order valence-corrected chi connectivity index (χ0v) is 12.0. The van der Waals surface area contributed by atoms with Gasteiger partial charge in [-0.25, -0.2) is 4.39 Å². The van der Waals surface area contributed by atoms with Crippen LogP contribution in [0.3, 0.4) is 0 Å². The van der Waals surface area contributed by atoms with E-state index in [0.717, 1.165) is 25.7 Å². The van der Waals surface area contributed by atoms with Crippen LogP contribution in [0, 0.1) is 5.82 Å². The predicted molar refractivity (Wildman–Crippen MR) is 78.3 cm³/mol. The lowest BCUT2D eigenvalue weighted by molar-refractivity contribution is -0.112. The van der Waals surface area contributed by atoms with Crippen molar-refractivity contribution >= 4 is 23.1 Å². The monoisotopic (exact) mass is 291 g/mol. The van der Waals surface area contributed by atoms with Crippen molar-refractivity contribution in [2.24, 2.45) is 0 Å². The number of likely N-dealkylation sites (tertiary alicyclic amines) is 1. The van der Waals surface area contributed by atoms with Crippen molar-refractivity contribution in [3.63, 3.8) is 0 Å². The summed E-state index contributed by atoms with van der Waals surface area (Å²) < 4.78 is 14.1. The first-order chi connectivity index (χ1) is 10.1. The molecule has 2 heterocycles. The number of halogens is 1. The van der Waals surface area contributed by atoms with Gasteiger partial charge < -0.3 is 15.1 Å². The first-order valence-corrected chi connectivity index (χ1v) is 7.19. The summed E-state index contributed by atoms with van der Waals surface area (Å²) in [6, 6.07) is 2.69. The van der Waals surface area contributed by atoms with Gasteiger partial charge in [0.1, 0.15) is 5.82 Å². The summed E-state index contributed by atoms with van der Waals surface area (Å²) in [5, 5.41) is 2.47. The molecular weight excluding hydrogens is 273 g/mol. The van der Waals surface area contributed by atoms with Crippen LogP contribution < -0.4 is 10.2 Å². The van der Waals surface area contributed by atoms with Gasteiger partial charge in [0.2, 0.25) is 0 Å².